The first-order valence-corrected chi connectivity index (χ1v) is 7.84. The van der Waals surface area contributed by atoms with E-state index >= 15 is 0 Å². The lowest BCUT2D eigenvalue weighted by Crippen LogP contribution is -2.31. The molecule has 1 rings (SSSR count). The van der Waals surface area contributed by atoms with Crippen molar-refractivity contribution in [3.8, 4) is 0 Å². The Morgan fingerprint density at radius 2 is 2.24 bits per heavy atom. The van der Waals surface area contributed by atoms with Crippen LogP contribution in [0.2, 0.25) is 0 Å². The van der Waals surface area contributed by atoms with Gasteiger partial charge in [-0.05, 0) is 51.4 Å². The van der Waals surface area contributed by atoms with Gasteiger partial charge in [0.05, 0.1) is 9.83 Å². The largest absolute Gasteiger partial charge is 0.385 e. The van der Waals surface area contributed by atoms with Gasteiger partial charge in [0.25, 0.3) is 0 Å². The van der Waals surface area contributed by atoms with E-state index in [1.165, 1.54) is 4.88 Å². The highest BCUT2D eigenvalue weighted by atomic mass is 79.9. The van der Waals surface area contributed by atoms with Crippen LogP contribution in [0.1, 0.15) is 17.3 Å². The van der Waals surface area contributed by atoms with Crippen molar-refractivity contribution in [2.45, 2.75) is 12.5 Å². The standard InChI is InChI=1S/C11H18Br2N2OS/c1-15(4-3-5-16-2)9(7-14)10-6-8(12)11(13)17-10/h6,9H,3-5,7,14H2,1-2H3. The maximum atomic E-state index is 5.87. The summed E-state index contributed by atoms with van der Waals surface area (Å²) in [6, 6.07) is 2.42. The Morgan fingerprint density at radius 1 is 1.53 bits per heavy atom. The molecule has 0 fully saturated rings. The first-order valence-electron chi connectivity index (χ1n) is 5.44. The van der Waals surface area contributed by atoms with Gasteiger partial charge in [-0.1, -0.05) is 0 Å². The lowest BCUT2D eigenvalue weighted by Gasteiger charge is -2.25. The zero-order chi connectivity index (χ0) is 12.8. The van der Waals surface area contributed by atoms with Crippen LogP contribution in [-0.2, 0) is 4.74 Å². The number of likely N-dealkylation sites (N-methyl/N-ethyl adjacent to an activating group) is 1. The summed E-state index contributed by atoms with van der Waals surface area (Å²) >= 11 is 8.76. The summed E-state index contributed by atoms with van der Waals surface area (Å²) in [5, 5.41) is 0. The molecule has 0 aromatic carbocycles. The van der Waals surface area contributed by atoms with E-state index in [1.54, 1.807) is 18.4 Å². The second-order valence-electron chi connectivity index (χ2n) is 3.85. The van der Waals surface area contributed by atoms with E-state index in [2.05, 4.69) is 49.9 Å². The summed E-state index contributed by atoms with van der Waals surface area (Å²) < 4.78 is 7.28. The predicted molar refractivity (Wildman–Crippen MR) is 80.6 cm³/mol. The molecule has 1 aromatic heterocycles. The molecule has 0 aliphatic rings. The van der Waals surface area contributed by atoms with Gasteiger partial charge in [0, 0.05) is 36.2 Å². The van der Waals surface area contributed by atoms with Crippen LogP contribution in [0.15, 0.2) is 14.3 Å². The highest BCUT2D eigenvalue weighted by Gasteiger charge is 2.18. The molecule has 0 amide bonds. The molecular weight excluding hydrogens is 368 g/mol. The summed E-state index contributed by atoms with van der Waals surface area (Å²) in [6.45, 7) is 2.41. The molecule has 6 heteroatoms. The van der Waals surface area contributed by atoms with Gasteiger partial charge in [-0.25, -0.2) is 0 Å². The smallest absolute Gasteiger partial charge is 0.0843 e. The van der Waals surface area contributed by atoms with E-state index < -0.39 is 0 Å². The lowest BCUT2D eigenvalue weighted by molar-refractivity contribution is 0.167. The molecule has 98 valence electrons. The summed E-state index contributed by atoms with van der Waals surface area (Å²) in [7, 11) is 3.84. The summed E-state index contributed by atoms with van der Waals surface area (Å²) in [5.41, 5.74) is 5.87. The van der Waals surface area contributed by atoms with Gasteiger partial charge in [0.1, 0.15) is 0 Å². The molecule has 0 spiro atoms. The lowest BCUT2D eigenvalue weighted by atomic mass is 10.2. The predicted octanol–water partition coefficient (Wildman–Crippen LogP) is 3.24. The third kappa shape index (κ3) is 4.61. The number of halogens is 2. The Kier molecular flexibility index (Phi) is 7.21. The maximum absolute atomic E-state index is 5.87. The molecule has 2 N–H and O–H groups in total. The van der Waals surface area contributed by atoms with E-state index in [-0.39, 0.29) is 6.04 Å². The summed E-state index contributed by atoms with van der Waals surface area (Å²) in [4.78, 5) is 3.56. The topological polar surface area (TPSA) is 38.5 Å². The zero-order valence-corrected chi connectivity index (χ0v) is 14.1. The number of hydrogen-bond acceptors (Lipinski definition) is 4. The Bertz CT molecular complexity index is 327. The summed E-state index contributed by atoms with van der Waals surface area (Å²) in [6.07, 6.45) is 1.03. The maximum Gasteiger partial charge on any atom is 0.0843 e. The highest BCUT2D eigenvalue weighted by Crippen LogP contribution is 2.36. The monoisotopic (exact) mass is 384 g/mol. The van der Waals surface area contributed by atoms with Crippen LogP contribution >= 0.6 is 43.2 Å². The van der Waals surface area contributed by atoms with E-state index in [0.29, 0.717) is 6.54 Å². The molecule has 1 atom stereocenters. The Labute approximate surface area is 124 Å². The van der Waals surface area contributed by atoms with Gasteiger partial charge in [-0.2, -0.15) is 0 Å². The number of ether oxygens (including phenoxy) is 1. The van der Waals surface area contributed by atoms with Crippen molar-refractivity contribution < 1.29 is 4.74 Å². The molecule has 0 bridgehead atoms. The minimum absolute atomic E-state index is 0.277. The van der Waals surface area contributed by atoms with E-state index in [0.717, 1.165) is 27.8 Å². The van der Waals surface area contributed by atoms with Crippen molar-refractivity contribution in [1.29, 1.82) is 0 Å². The normalized spacial score (nSPS) is 13.3. The van der Waals surface area contributed by atoms with Crippen LogP contribution in [0, 0.1) is 0 Å². The number of methoxy groups -OCH3 is 1. The molecule has 0 saturated heterocycles. The highest BCUT2D eigenvalue weighted by molar-refractivity contribution is 9.13. The average Bonchev–Trinajstić information content (AvgIpc) is 2.60. The van der Waals surface area contributed by atoms with Crippen LogP contribution < -0.4 is 5.73 Å². The van der Waals surface area contributed by atoms with Crippen molar-refractivity contribution in [3.05, 3.63) is 19.2 Å². The number of hydrogen-bond donors (Lipinski definition) is 1. The number of thiophene rings is 1. The molecule has 1 unspecified atom stereocenters. The van der Waals surface area contributed by atoms with Crippen molar-refractivity contribution >= 4 is 43.2 Å². The summed E-state index contributed by atoms with van der Waals surface area (Å²) in [5.74, 6) is 0. The van der Waals surface area contributed by atoms with Crippen LogP contribution in [0.3, 0.4) is 0 Å². The van der Waals surface area contributed by atoms with E-state index in [4.69, 9.17) is 10.5 Å². The van der Waals surface area contributed by atoms with Crippen molar-refractivity contribution in [1.82, 2.24) is 4.90 Å². The second kappa shape index (κ2) is 7.86. The number of nitrogens with zero attached hydrogens (tertiary/aromatic N) is 1. The molecule has 17 heavy (non-hydrogen) atoms. The van der Waals surface area contributed by atoms with Crippen LogP contribution in [0.4, 0.5) is 0 Å². The molecular formula is C11H18Br2N2OS. The molecule has 0 aliphatic carbocycles. The van der Waals surface area contributed by atoms with Gasteiger partial charge < -0.3 is 10.5 Å². The SMILES string of the molecule is COCCCN(C)C(CN)c1cc(Br)c(Br)s1. The zero-order valence-electron chi connectivity index (χ0n) is 10.1. The minimum Gasteiger partial charge on any atom is -0.385 e. The quantitative estimate of drug-likeness (QED) is 0.732. The van der Waals surface area contributed by atoms with E-state index in [1.807, 2.05) is 0 Å². The molecule has 0 aliphatic heterocycles. The molecule has 0 saturated carbocycles. The Morgan fingerprint density at radius 3 is 2.71 bits per heavy atom. The minimum atomic E-state index is 0.277. The van der Waals surface area contributed by atoms with Crippen molar-refractivity contribution in [3.63, 3.8) is 0 Å². The average molecular weight is 386 g/mol. The van der Waals surface area contributed by atoms with Gasteiger partial charge in [-0.15, -0.1) is 11.3 Å². The molecule has 0 radical (unpaired) electrons. The van der Waals surface area contributed by atoms with Gasteiger partial charge >= 0.3 is 0 Å². The number of nitrogens with two attached hydrogens (primary N) is 1. The Hall–Kier alpha value is 0.540. The first kappa shape index (κ1) is 15.6. The molecule has 3 nitrogen and oxygen atoms in total. The fourth-order valence-electron chi connectivity index (χ4n) is 1.65. The third-order valence-electron chi connectivity index (χ3n) is 2.61. The first-order chi connectivity index (χ1) is 8.10. The van der Waals surface area contributed by atoms with Gasteiger partial charge in [-0.3, -0.25) is 4.90 Å². The third-order valence-corrected chi connectivity index (χ3v) is 5.96. The van der Waals surface area contributed by atoms with Crippen LogP contribution in [-0.4, -0.2) is 38.8 Å². The van der Waals surface area contributed by atoms with Crippen LogP contribution in [0.5, 0.6) is 0 Å². The number of rotatable bonds is 7. The fourth-order valence-corrected chi connectivity index (χ4v) is 3.92. The molecule has 1 heterocycles. The Balaban J connectivity index is 2.63. The van der Waals surface area contributed by atoms with Crippen molar-refractivity contribution in [2.75, 3.05) is 33.9 Å². The fraction of sp³-hybridized carbons (Fsp3) is 0.636. The van der Waals surface area contributed by atoms with Gasteiger partial charge in [0.2, 0.25) is 0 Å². The van der Waals surface area contributed by atoms with E-state index in [9.17, 15) is 0 Å². The van der Waals surface area contributed by atoms with Crippen molar-refractivity contribution in [2.24, 2.45) is 5.73 Å². The second-order valence-corrected chi connectivity index (χ2v) is 7.10. The van der Waals surface area contributed by atoms with Crippen LogP contribution in [0.25, 0.3) is 0 Å². The molecule has 1 aromatic rings. The van der Waals surface area contributed by atoms with Gasteiger partial charge in [0.15, 0.2) is 0 Å².